The first-order valence-corrected chi connectivity index (χ1v) is 6.63. The van der Waals surface area contributed by atoms with Crippen molar-refractivity contribution in [1.82, 2.24) is 20.5 Å². The fraction of sp³-hybridized carbons (Fsp3) is 0.692. The summed E-state index contributed by atoms with van der Waals surface area (Å²) in [4.78, 5) is 16.0. The van der Waals surface area contributed by atoms with Crippen LogP contribution in [0.5, 0.6) is 0 Å². The number of aromatic nitrogens is 3. The Hall–Kier alpha value is -1.72. The number of carbonyl (C=O) groups excluding carboxylic acids is 1. The molecule has 0 saturated heterocycles. The standard InChI is InChI=1S/C13H23N5O/c1-6-9-10(7-2)17-18-12(15-9)14-8-11(19)16-13(3,4)5/h6-8H2,1-5H3,(H,16,19)(H,14,15,18). The molecule has 106 valence electrons. The van der Waals surface area contributed by atoms with E-state index in [1.165, 1.54) is 0 Å². The summed E-state index contributed by atoms with van der Waals surface area (Å²) in [6.07, 6.45) is 1.62. The van der Waals surface area contributed by atoms with Crippen molar-refractivity contribution in [2.24, 2.45) is 0 Å². The van der Waals surface area contributed by atoms with E-state index in [9.17, 15) is 4.79 Å². The number of carbonyl (C=O) groups is 1. The minimum absolute atomic E-state index is 0.0892. The van der Waals surface area contributed by atoms with Gasteiger partial charge in [-0.15, -0.1) is 5.10 Å². The molecule has 0 atom stereocenters. The molecule has 1 amide bonds. The molecule has 6 nitrogen and oxygen atoms in total. The van der Waals surface area contributed by atoms with Gasteiger partial charge in [-0.05, 0) is 33.6 Å². The quantitative estimate of drug-likeness (QED) is 0.839. The topological polar surface area (TPSA) is 79.8 Å². The van der Waals surface area contributed by atoms with E-state index in [2.05, 4.69) is 25.8 Å². The van der Waals surface area contributed by atoms with Gasteiger partial charge in [-0.2, -0.15) is 5.10 Å². The number of hydrogen-bond donors (Lipinski definition) is 2. The smallest absolute Gasteiger partial charge is 0.243 e. The van der Waals surface area contributed by atoms with Gasteiger partial charge in [-0.3, -0.25) is 4.79 Å². The van der Waals surface area contributed by atoms with Crippen LogP contribution in [0.25, 0.3) is 0 Å². The van der Waals surface area contributed by atoms with E-state index in [0.29, 0.717) is 5.95 Å². The third-order valence-corrected chi connectivity index (χ3v) is 2.43. The molecule has 1 aromatic rings. The van der Waals surface area contributed by atoms with Crippen LogP contribution in [0.1, 0.15) is 46.0 Å². The fourth-order valence-electron chi connectivity index (χ4n) is 1.63. The van der Waals surface area contributed by atoms with Crippen molar-refractivity contribution < 1.29 is 4.79 Å². The van der Waals surface area contributed by atoms with Gasteiger partial charge in [0, 0.05) is 5.54 Å². The van der Waals surface area contributed by atoms with E-state index in [0.717, 1.165) is 24.2 Å². The summed E-state index contributed by atoms with van der Waals surface area (Å²) in [6, 6.07) is 0. The highest BCUT2D eigenvalue weighted by atomic mass is 16.2. The number of aryl methyl sites for hydroxylation is 2. The van der Waals surface area contributed by atoms with E-state index in [4.69, 9.17) is 0 Å². The summed E-state index contributed by atoms with van der Waals surface area (Å²) in [5, 5.41) is 13.8. The van der Waals surface area contributed by atoms with Gasteiger partial charge in [-0.25, -0.2) is 4.98 Å². The Morgan fingerprint density at radius 3 is 2.26 bits per heavy atom. The van der Waals surface area contributed by atoms with Gasteiger partial charge in [0.2, 0.25) is 11.9 Å². The molecule has 0 radical (unpaired) electrons. The Balaban J connectivity index is 2.61. The number of nitrogens with one attached hydrogen (secondary N) is 2. The lowest BCUT2D eigenvalue weighted by atomic mass is 10.1. The van der Waals surface area contributed by atoms with Crippen molar-refractivity contribution in [2.45, 2.75) is 53.0 Å². The Kier molecular flexibility index (Phi) is 5.20. The van der Waals surface area contributed by atoms with Crippen molar-refractivity contribution in [3.63, 3.8) is 0 Å². The minimum atomic E-state index is -0.238. The zero-order chi connectivity index (χ0) is 14.5. The van der Waals surface area contributed by atoms with Gasteiger partial charge in [0.05, 0.1) is 17.9 Å². The molecule has 0 aliphatic rings. The van der Waals surface area contributed by atoms with Crippen molar-refractivity contribution in [1.29, 1.82) is 0 Å². The second kappa shape index (κ2) is 6.45. The molecule has 1 rings (SSSR count). The van der Waals surface area contributed by atoms with Crippen LogP contribution in [0.15, 0.2) is 0 Å². The molecule has 6 heteroatoms. The first kappa shape index (κ1) is 15.3. The zero-order valence-corrected chi connectivity index (χ0v) is 12.4. The van der Waals surface area contributed by atoms with Crippen molar-refractivity contribution >= 4 is 11.9 Å². The third-order valence-electron chi connectivity index (χ3n) is 2.43. The molecule has 2 N–H and O–H groups in total. The zero-order valence-electron chi connectivity index (χ0n) is 12.4. The van der Waals surface area contributed by atoms with Crippen LogP contribution in [0.4, 0.5) is 5.95 Å². The number of anilines is 1. The van der Waals surface area contributed by atoms with E-state index < -0.39 is 0 Å². The maximum absolute atomic E-state index is 11.7. The van der Waals surface area contributed by atoms with Gasteiger partial charge in [0.15, 0.2) is 0 Å². The Morgan fingerprint density at radius 1 is 1.11 bits per heavy atom. The molecule has 19 heavy (non-hydrogen) atoms. The second-order valence-corrected chi connectivity index (χ2v) is 5.39. The monoisotopic (exact) mass is 265 g/mol. The van der Waals surface area contributed by atoms with Crippen molar-refractivity contribution in [3.8, 4) is 0 Å². The van der Waals surface area contributed by atoms with E-state index in [1.807, 2.05) is 34.6 Å². The molecule has 0 aliphatic carbocycles. The summed E-state index contributed by atoms with van der Waals surface area (Å²) in [5.74, 6) is 0.312. The van der Waals surface area contributed by atoms with Crippen LogP contribution in [0.3, 0.4) is 0 Å². The Bertz CT molecular complexity index is 439. The lowest BCUT2D eigenvalue weighted by Gasteiger charge is -2.20. The van der Waals surface area contributed by atoms with Gasteiger partial charge < -0.3 is 10.6 Å². The lowest BCUT2D eigenvalue weighted by molar-refractivity contribution is -0.120. The van der Waals surface area contributed by atoms with Crippen LogP contribution in [0.2, 0.25) is 0 Å². The van der Waals surface area contributed by atoms with E-state index in [-0.39, 0.29) is 18.0 Å². The Morgan fingerprint density at radius 2 is 1.74 bits per heavy atom. The molecule has 1 heterocycles. The van der Waals surface area contributed by atoms with Crippen LogP contribution in [0, 0.1) is 0 Å². The average molecular weight is 265 g/mol. The molecule has 0 aromatic carbocycles. The summed E-state index contributed by atoms with van der Waals surface area (Å²) in [7, 11) is 0. The van der Waals surface area contributed by atoms with Gasteiger partial charge in [0.1, 0.15) is 0 Å². The molecule has 0 spiro atoms. The SMILES string of the molecule is CCc1nnc(NCC(=O)NC(C)(C)C)nc1CC. The van der Waals surface area contributed by atoms with Crippen molar-refractivity contribution in [2.75, 3.05) is 11.9 Å². The molecule has 0 bridgehead atoms. The van der Waals surface area contributed by atoms with E-state index >= 15 is 0 Å². The molecule has 0 unspecified atom stereocenters. The maximum Gasteiger partial charge on any atom is 0.243 e. The van der Waals surface area contributed by atoms with Crippen LogP contribution >= 0.6 is 0 Å². The maximum atomic E-state index is 11.7. The summed E-state index contributed by atoms with van der Waals surface area (Å²) in [6.45, 7) is 10.0. The predicted octanol–water partition coefficient (Wildman–Crippen LogP) is 1.32. The molecule has 0 fully saturated rings. The highest BCUT2D eigenvalue weighted by Crippen LogP contribution is 2.06. The third kappa shape index (κ3) is 5.19. The summed E-state index contributed by atoms with van der Waals surface area (Å²) < 4.78 is 0. The fourth-order valence-corrected chi connectivity index (χ4v) is 1.63. The van der Waals surface area contributed by atoms with Crippen LogP contribution in [-0.4, -0.2) is 33.2 Å². The molecule has 0 saturated carbocycles. The van der Waals surface area contributed by atoms with Crippen LogP contribution < -0.4 is 10.6 Å². The lowest BCUT2D eigenvalue weighted by Crippen LogP contribution is -2.43. The number of hydrogen-bond acceptors (Lipinski definition) is 5. The average Bonchev–Trinajstić information content (AvgIpc) is 2.33. The molecule has 1 aromatic heterocycles. The first-order chi connectivity index (χ1) is 8.85. The van der Waals surface area contributed by atoms with E-state index in [1.54, 1.807) is 0 Å². The summed E-state index contributed by atoms with van der Waals surface area (Å²) >= 11 is 0. The van der Waals surface area contributed by atoms with Gasteiger partial charge >= 0.3 is 0 Å². The Labute approximate surface area is 114 Å². The normalized spacial score (nSPS) is 11.2. The largest absolute Gasteiger partial charge is 0.350 e. The molecular formula is C13H23N5O. The predicted molar refractivity (Wildman–Crippen MR) is 75.0 cm³/mol. The highest BCUT2D eigenvalue weighted by Gasteiger charge is 2.14. The van der Waals surface area contributed by atoms with Gasteiger partial charge in [-0.1, -0.05) is 13.8 Å². The summed E-state index contributed by atoms with van der Waals surface area (Å²) in [5.41, 5.74) is 1.60. The van der Waals surface area contributed by atoms with Gasteiger partial charge in [0.25, 0.3) is 0 Å². The first-order valence-electron chi connectivity index (χ1n) is 6.63. The molecular weight excluding hydrogens is 242 g/mol. The number of rotatable bonds is 5. The highest BCUT2D eigenvalue weighted by molar-refractivity contribution is 5.80. The van der Waals surface area contributed by atoms with Crippen molar-refractivity contribution in [3.05, 3.63) is 11.4 Å². The van der Waals surface area contributed by atoms with Crippen LogP contribution in [-0.2, 0) is 17.6 Å². The number of nitrogens with zero attached hydrogens (tertiary/aromatic N) is 3. The molecule has 0 aliphatic heterocycles. The number of amides is 1. The minimum Gasteiger partial charge on any atom is -0.350 e. The second-order valence-electron chi connectivity index (χ2n) is 5.39.